The Labute approximate surface area is 207 Å². The first kappa shape index (κ1) is 22.9. The predicted octanol–water partition coefficient (Wildman–Crippen LogP) is 4.15. The molecule has 4 aromatic heterocycles. The third-order valence-corrected chi connectivity index (χ3v) is 7.77. The van der Waals surface area contributed by atoms with Gasteiger partial charge in [0.05, 0.1) is 36.7 Å². The van der Waals surface area contributed by atoms with Crippen molar-refractivity contribution in [3.8, 4) is 22.0 Å². The Bertz CT molecular complexity index is 1230. The molecule has 1 aliphatic heterocycles. The van der Waals surface area contributed by atoms with Gasteiger partial charge in [0.1, 0.15) is 5.01 Å². The molecular formula is C25H27N5O2S2. The van der Waals surface area contributed by atoms with E-state index in [-0.39, 0.29) is 5.91 Å². The van der Waals surface area contributed by atoms with Gasteiger partial charge in [-0.05, 0) is 36.6 Å². The van der Waals surface area contributed by atoms with Crippen LogP contribution in [-0.4, -0.2) is 64.7 Å². The molecule has 0 spiro atoms. The summed E-state index contributed by atoms with van der Waals surface area (Å²) in [6.45, 7) is 7.53. The van der Waals surface area contributed by atoms with Crippen molar-refractivity contribution < 1.29 is 9.53 Å². The van der Waals surface area contributed by atoms with Crippen LogP contribution < -0.4 is 5.32 Å². The van der Waals surface area contributed by atoms with Crippen molar-refractivity contribution >= 4 is 28.6 Å². The molecule has 1 saturated heterocycles. The maximum Gasteiger partial charge on any atom is 0.253 e. The second kappa shape index (κ2) is 10.6. The van der Waals surface area contributed by atoms with Gasteiger partial charge in [-0.15, -0.1) is 22.7 Å². The molecule has 5 rings (SSSR count). The minimum atomic E-state index is -0.0403. The number of carbonyl (C=O) groups is 1. The van der Waals surface area contributed by atoms with Crippen LogP contribution in [0.15, 0.2) is 53.5 Å². The predicted molar refractivity (Wildman–Crippen MR) is 137 cm³/mol. The minimum Gasteiger partial charge on any atom is -0.379 e. The molecule has 0 radical (unpaired) electrons. The van der Waals surface area contributed by atoms with Crippen molar-refractivity contribution in [2.75, 3.05) is 39.4 Å². The van der Waals surface area contributed by atoms with Crippen LogP contribution in [0.2, 0.25) is 0 Å². The SMILES string of the molecule is Cc1c(C(=O)NCCN2CCOCC2)cc(-c2csc(-c3ccncc3)n2)n1Cc1cccs1. The van der Waals surface area contributed by atoms with Gasteiger partial charge < -0.3 is 14.6 Å². The lowest BCUT2D eigenvalue weighted by Gasteiger charge is -2.26. The summed E-state index contributed by atoms with van der Waals surface area (Å²) in [5.41, 5.74) is 4.53. The average molecular weight is 494 g/mol. The van der Waals surface area contributed by atoms with Crippen molar-refractivity contribution in [3.63, 3.8) is 0 Å². The Hall–Kier alpha value is -2.85. The van der Waals surface area contributed by atoms with Crippen LogP contribution in [0.5, 0.6) is 0 Å². The summed E-state index contributed by atoms with van der Waals surface area (Å²) in [5, 5.41) is 8.20. The number of thiophene rings is 1. The fraction of sp³-hybridized carbons (Fsp3) is 0.320. The van der Waals surface area contributed by atoms with E-state index in [0.717, 1.165) is 60.5 Å². The van der Waals surface area contributed by atoms with E-state index in [4.69, 9.17) is 9.72 Å². The molecule has 5 heterocycles. The van der Waals surface area contributed by atoms with Gasteiger partial charge in [-0.2, -0.15) is 0 Å². The third-order valence-electron chi connectivity index (χ3n) is 6.02. The Morgan fingerprint density at radius 2 is 2.00 bits per heavy atom. The zero-order valence-electron chi connectivity index (χ0n) is 19.1. The van der Waals surface area contributed by atoms with E-state index in [9.17, 15) is 4.79 Å². The van der Waals surface area contributed by atoms with Crippen LogP contribution in [0.3, 0.4) is 0 Å². The molecule has 0 unspecified atom stereocenters. The smallest absolute Gasteiger partial charge is 0.253 e. The second-order valence-electron chi connectivity index (χ2n) is 8.18. The summed E-state index contributed by atoms with van der Waals surface area (Å²) in [6.07, 6.45) is 3.55. The number of aromatic nitrogens is 3. The maximum absolute atomic E-state index is 13.1. The quantitative estimate of drug-likeness (QED) is 0.399. The Morgan fingerprint density at radius 3 is 2.76 bits per heavy atom. The van der Waals surface area contributed by atoms with Gasteiger partial charge in [0.2, 0.25) is 0 Å². The second-order valence-corrected chi connectivity index (χ2v) is 10.1. The number of hydrogen-bond donors (Lipinski definition) is 1. The molecule has 1 amide bonds. The highest BCUT2D eigenvalue weighted by Gasteiger charge is 2.21. The van der Waals surface area contributed by atoms with Crippen LogP contribution in [0, 0.1) is 6.92 Å². The van der Waals surface area contributed by atoms with Gasteiger partial charge in [-0.3, -0.25) is 14.7 Å². The molecule has 1 N–H and O–H groups in total. The van der Waals surface area contributed by atoms with Crippen molar-refractivity contribution in [1.82, 2.24) is 24.8 Å². The number of carbonyl (C=O) groups excluding carboxylic acids is 1. The lowest BCUT2D eigenvalue weighted by atomic mass is 10.2. The number of thiazole rings is 1. The number of hydrogen-bond acceptors (Lipinski definition) is 7. The largest absolute Gasteiger partial charge is 0.379 e. The van der Waals surface area contributed by atoms with Crippen LogP contribution in [-0.2, 0) is 11.3 Å². The maximum atomic E-state index is 13.1. The molecule has 1 fully saturated rings. The number of pyridine rings is 1. The van der Waals surface area contributed by atoms with Crippen LogP contribution in [0.25, 0.3) is 22.0 Å². The van der Waals surface area contributed by atoms with E-state index in [1.165, 1.54) is 4.88 Å². The molecule has 34 heavy (non-hydrogen) atoms. The first-order valence-electron chi connectivity index (χ1n) is 11.4. The van der Waals surface area contributed by atoms with Gasteiger partial charge in [0, 0.05) is 60.1 Å². The van der Waals surface area contributed by atoms with E-state index in [1.807, 2.05) is 25.1 Å². The molecule has 1 aliphatic rings. The lowest BCUT2D eigenvalue weighted by molar-refractivity contribution is 0.0383. The highest BCUT2D eigenvalue weighted by atomic mass is 32.1. The normalized spacial score (nSPS) is 14.4. The van der Waals surface area contributed by atoms with Crippen LogP contribution in [0.4, 0.5) is 0 Å². The molecule has 176 valence electrons. The monoisotopic (exact) mass is 493 g/mol. The number of morpholine rings is 1. The molecule has 4 aromatic rings. The van der Waals surface area contributed by atoms with Crippen molar-refractivity contribution in [3.05, 3.63) is 69.6 Å². The molecule has 0 aromatic carbocycles. The van der Waals surface area contributed by atoms with E-state index in [1.54, 1.807) is 35.1 Å². The number of ether oxygens (including phenoxy) is 1. The highest BCUT2D eigenvalue weighted by molar-refractivity contribution is 7.13. The van der Waals surface area contributed by atoms with Crippen molar-refractivity contribution in [1.29, 1.82) is 0 Å². The first-order chi connectivity index (χ1) is 16.7. The Kier molecular flexibility index (Phi) is 7.15. The van der Waals surface area contributed by atoms with Gasteiger partial charge in [-0.25, -0.2) is 4.98 Å². The Balaban J connectivity index is 1.39. The standard InChI is InChI=1S/C25H27N5O2S2/c1-18-21(24(31)27-8-9-29-10-12-32-13-11-29)15-23(30(18)16-20-3-2-14-33-20)22-17-34-25(28-22)19-4-6-26-7-5-19/h2-7,14-15,17H,8-13,16H2,1H3,(H,27,31). The van der Waals surface area contributed by atoms with E-state index < -0.39 is 0 Å². The summed E-state index contributed by atoms with van der Waals surface area (Å²) in [7, 11) is 0. The summed E-state index contributed by atoms with van der Waals surface area (Å²) < 4.78 is 7.61. The minimum absolute atomic E-state index is 0.0403. The fourth-order valence-corrected chi connectivity index (χ4v) is 5.63. The van der Waals surface area contributed by atoms with Gasteiger partial charge >= 0.3 is 0 Å². The van der Waals surface area contributed by atoms with E-state index in [0.29, 0.717) is 18.7 Å². The summed E-state index contributed by atoms with van der Waals surface area (Å²) in [5.74, 6) is -0.0403. The van der Waals surface area contributed by atoms with Gasteiger partial charge in [0.15, 0.2) is 0 Å². The topological polar surface area (TPSA) is 72.3 Å². The zero-order valence-corrected chi connectivity index (χ0v) is 20.7. The Morgan fingerprint density at radius 1 is 1.18 bits per heavy atom. The fourth-order valence-electron chi connectivity index (χ4n) is 4.12. The molecule has 0 bridgehead atoms. The van der Waals surface area contributed by atoms with Gasteiger partial charge in [0.25, 0.3) is 5.91 Å². The molecule has 9 heteroatoms. The summed E-state index contributed by atoms with van der Waals surface area (Å²) >= 11 is 3.32. The van der Waals surface area contributed by atoms with Gasteiger partial charge in [-0.1, -0.05) is 6.07 Å². The van der Waals surface area contributed by atoms with Crippen LogP contribution in [0.1, 0.15) is 20.9 Å². The first-order valence-corrected chi connectivity index (χ1v) is 13.1. The number of amides is 1. The van der Waals surface area contributed by atoms with E-state index >= 15 is 0 Å². The number of nitrogens with zero attached hydrogens (tertiary/aromatic N) is 4. The average Bonchev–Trinajstić information content (AvgIpc) is 3.62. The molecule has 0 saturated carbocycles. The third kappa shape index (κ3) is 5.12. The summed E-state index contributed by atoms with van der Waals surface area (Å²) in [4.78, 5) is 25.7. The molecular weight excluding hydrogens is 466 g/mol. The number of nitrogens with one attached hydrogen (secondary N) is 1. The summed E-state index contributed by atoms with van der Waals surface area (Å²) in [6, 6.07) is 10.1. The number of rotatable bonds is 8. The zero-order chi connectivity index (χ0) is 23.3. The molecule has 0 aliphatic carbocycles. The molecule has 7 nitrogen and oxygen atoms in total. The highest BCUT2D eigenvalue weighted by Crippen LogP contribution is 2.32. The van der Waals surface area contributed by atoms with E-state index in [2.05, 4.69) is 42.7 Å². The van der Waals surface area contributed by atoms with Crippen molar-refractivity contribution in [2.24, 2.45) is 0 Å². The molecule has 0 atom stereocenters. The lowest BCUT2D eigenvalue weighted by Crippen LogP contribution is -2.41. The van der Waals surface area contributed by atoms with Crippen LogP contribution >= 0.6 is 22.7 Å². The van der Waals surface area contributed by atoms with Crippen molar-refractivity contribution in [2.45, 2.75) is 13.5 Å².